The number of rotatable bonds is 4. The molecule has 24 heavy (non-hydrogen) atoms. The Balaban J connectivity index is 1.83. The first kappa shape index (κ1) is 16.7. The van der Waals surface area contributed by atoms with Crippen molar-refractivity contribution in [1.29, 1.82) is 0 Å². The summed E-state index contributed by atoms with van der Waals surface area (Å²) in [4.78, 5) is 15.1. The summed E-state index contributed by atoms with van der Waals surface area (Å²) < 4.78 is 0. The summed E-state index contributed by atoms with van der Waals surface area (Å²) >= 11 is 0. The van der Waals surface area contributed by atoms with Crippen LogP contribution in [0.3, 0.4) is 0 Å². The number of hydrogen-bond acceptors (Lipinski definition) is 2. The lowest BCUT2D eigenvalue weighted by Gasteiger charge is -2.30. The van der Waals surface area contributed by atoms with Gasteiger partial charge in [0.15, 0.2) is 0 Å². The van der Waals surface area contributed by atoms with Crippen molar-refractivity contribution in [3.8, 4) is 0 Å². The Morgan fingerprint density at radius 1 is 1.04 bits per heavy atom. The SMILES string of the molecule is Cc1ccccc1C(NC(=O)C1CCN(C)CC1)c1ccccc1. The average Bonchev–Trinajstić information content (AvgIpc) is 2.61. The van der Waals surface area contributed by atoms with Crippen molar-refractivity contribution >= 4 is 5.91 Å². The molecule has 1 unspecified atom stereocenters. The van der Waals surface area contributed by atoms with Gasteiger partial charge in [0, 0.05) is 5.92 Å². The predicted octanol–water partition coefficient (Wildman–Crippen LogP) is 3.54. The van der Waals surface area contributed by atoms with Gasteiger partial charge in [0.2, 0.25) is 5.91 Å². The second kappa shape index (κ2) is 7.63. The van der Waals surface area contributed by atoms with E-state index in [1.165, 1.54) is 11.1 Å². The van der Waals surface area contributed by atoms with Crippen molar-refractivity contribution in [1.82, 2.24) is 10.2 Å². The van der Waals surface area contributed by atoms with Gasteiger partial charge in [-0.2, -0.15) is 0 Å². The Morgan fingerprint density at radius 3 is 2.33 bits per heavy atom. The minimum Gasteiger partial charge on any atom is -0.345 e. The van der Waals surface area contributed by atoms with Crippen molar-refractivity contribution in [3.63, 3.8) is 0 Å². The number of amides is 1. The zero-order valence-electron chi connectivity index (χ0n) is 14.5. The van der Waals surface area contributed by atoms with Crippen molar-refractivity contribution in [2.45, 2.75) is 25.8 Å². The van der Waals surface area contributed by atoms with Gasteiger partial charge in [-0.3, -0.25) is 4.79 Å². The zero-order chi connectivity index (χ0) is 16.9. The molecule has 1 N–H and O–H groups in total. The van der Waals surface area contributed by atoms with Crippen molar-refractivity contribution in [3.05, 3.63) is 71.3 Å². The van der Waals surface area contributed by atoms with E-state index < -0.39 is 0 Å². The molecule has 2 aromatic rings. The first-order valence-corrected chi connectivity index (χ1v) is 8.74. The molecule has 126 valence electrons. The second-order valence-corrected chi connectivity index (χ2v) is 6.79. The first-order valence-electron chi connectivity index (χ1n) is 8.74. The monoisotopic (exact) mass is 322 g/mol. The van der Waals surface area contributed by atoms with Crippen LogP contribution < -0.4 is 5.32 Å². The van der Waals surface area contributed by atoms with Crippen LogP contribution in [0.1, 0.15) is 35.6 Å². The van der Waals surface area contributed by atoms with Gasteiger partial charge in [0.1, 0.15) is 0 Å². The number of benzene rings is 2. The highest BCUT2D eigenvalue weighted by molar-refractivity contribution is 5.79. The first-order chi connectivity index (χ1) is 11.6. The predicted molar refractivity (Wildman–Crippen MR) is 97.8 cm³/mol. The summed E-state index contributed by atoms with van der Waals surface area (Å²) in [5, 5.41) is 3.32. The molecular weight excluding hydrogens is 296 g/mol. The van der Waals surface area contributed by atoms with Crippen LogP contribution in [-0.4, -0.2) is 30.9 Å². The maximum Gasteiger partial charge on any atom is 0.223 e. The Kier molecular flexibility index (Phi) is 5.31. The summed E-state index contributed by atoms with van der Waals surface area (Å²) in [6, 6.07) is 18.5. The molecule has 0 radical (unpaired) electrons. The highest BCUT2D eigenvalue weighted by Gasteiger charge is 2.26. The van der Waals surface area contributed by atoms with Crippen LogP contribution in [0.4, 0.5) is 0 Å². The van der Waals surface area contributed by atoms with Crippen LogP contribution in [-0.2, 0) is 4.79 Å². The van der Waals surface area contributed by atoms with Crippen LogP contribution in [0.5, 0.6) is 0 Å². The van der Waals surface area contributed by atoms with E-state index in [0.717, 1.165) is 31.5 Å². The number of nitrogens with zero attached hydrogens (tertiary/aromatic N) is 1. The Labute approximate surface area is 144 Å². The fraction of sp³-hybridized carbons (Fsp3) is 0.381. The Hall–Kier alpha value is -2.13. The third-order valence-corrected chi connectivity index (χ3v) is 5.01. The Bertz CT molecular complexity index is 675. The molecule has 1 saturated heterocycles. The number of hydrogen-bond donors (Lipinski definition) is 1. The van der Waals surface area contributed by atoms with E-state index in [-0.39, 0.29) is 17.9 Å². The number of aryl methyl sites for hydroxylation is 1. The normalized spacial score (nSPS) is 17.4. The largest absolute Gasteiger partial charge is 0.345 e. The van der Waals surface area contributed by atoms with Crippen molar-refractivity contribution in [2.24, 2.45) is 5.92 Å². The summed E-state index contributed by atoms with van der Waals surface area (Å²) in [5.41, 5.74) is 3.51. The second-order valence-electron chi connectivity index (χ2n) is 6.79. The lowest BCUT2D eigenvalue weighted by atomic mass is 9.92. The fourth-order valence-corrected chi connectivity index (χ4v) is 3.43. The number of piperidine rings is 1. The molecule has 1 aliphatic heterocycles. The van der Waals surface area contributed by atoms with Gasteiger partial charge in [-0.25, -0.2) is 0 Å². The molecule has 3 heteroatoms. The molecule has 0 bridgehead atoms. The van der Waals surface area contributed by atoms with Crippen LogP contribution in [0.2, 0.25) is 0 Å². The van der Waals surface area contributed by atoms with Crippen LogP contribution in [0, 0.1) is 12.8 Å². The molecule has 1 fully saturated rings. The highest BCUT2D eigenvalue weighted by atomic mass is 16.1. The molecular formula is C21H26N2O. The molecule has 0 aliphatic carbocycles. The van der Waals surface area contributed by atoms with E-state index >= 15 is 0 Å². The minimum atomic E-state index is -0.0837. The molecule has 1 aliphatic rings. The Morgan fingerprint density at radius 2 is 1.67 bits per heavy atom. The zero-order valence-corrected chi connectivity index (χ0v) is 14.5. The molecule has 0 saturated carbocycles. The molecule has 1 heterocycles. The quantitative estimate of drug-likeness (QED) is 0.934. The topological polar surface area (TPSA) is 32.3 Å². The van der Waals surface area contributed by atoms with Gasteiger partial charge >= 0.3 is 0 Å². The van der Waals surface area contributed by atoms with E-state index in [9.17, 15) is 4.79 Å². The summed E-state index contributed by atoms with van der Waals surface area (Å²) in [6.07, 6.45) is 1.88. The summed E-state index contributed by atoms with van der Waals surface area (Å²) in [5.74, 6) is 0.302. The van der Waals surface area contributed by atoms with Gasteiger partial charge in [-0.15, -0.1) is 0 Å². The lowest BCUT2D eigenvalue weighted by Crippen LogP contribution is -2.40. The van der Waals surface area contributed by atoms with Crippen molar-refractivity contribution < 1.29 is 4.79 Å². The van der Waals surface area contributed by atoms with Gasteiger partial charge < -0.3 is 10.2 Å². The highest BCUT2D eigenvalue weighted by Crippen LogP contribution is 2.26. The van der Waals surface area contributed by atoms with E-state index in [1.807, 2.05) is 30.3 Å². The van der Waals surface area contributed by atoms with Crippen LogP contribution in [0.15, 0.2) is 54.6 Å². The van der Waals surface area contributed by atoms with Crippen LogP contribution in [0.25, 0.3) is 0 Å². The van der Waals surface area contributed by atoms with Crippen LogP contribution >= 0.6 is 0 Å². The van der Waals surface area contributed by atoms with Crippen molar-refractivity contribution in [2.75, 3.05) is 20.1 Å². The van der Waals surface area contributed by atoms with Gasteiger partial charge in [-0.05, 0) is 56.6 Å². The maximum absolute atomic E-state index is 12.8. The molecule has 0 aromatic heterocycles. The van der Waals surface area contributed by atoms with E-state index in [4.69, 9.17) is 0 Å². The number of likely N-dealkylation sites (tertiary alicyclic amines) is 1. The number of carbonyl (C=O) groups is 1. The van der Waals surface area contributed by atoms with Gasteiger partial charge in [-0.1, -0.05) is 54.6 Å². The van der Waals surface area contributed by atoms with Gasteiger partial charge in [0.25, 0.3) is 0 Å². The molecule has 2 aromatic carbocycles. The minimum absolute atomic E-state index is 0.0837. The van der Waals surface area contributed by atoms with E-state index in [0.29, 0.717) is 0 Å². The smallest absolute Gasteiger partial charge is 0.223 e. The fourth-order valence-electron chi connectivity index (χ4n) is 3.43. The molecule has 1 atom stereocenters. The molecule has 0 spiro atoms. The lowest BCUT2D eigenvalue weighted by molar-refractivity contribution is -0.126. The van der Waals surface area contributed by atoms with Gasteiger partial charge in [0.05, 0.1) is 6.04 Å². The van der Waals surface area contributed by atoms with E-state index in [2.05, 4.69) is 48.5 Å². The molecule has 1 amide bonds. The molecule has 3 nitrogen and oxygen atoms in total. The number of carbonyl (C=O) groups excluding carboxylic acids is 1. The third-order valence-electron chi connectivity index (χ3n) is 5.01. The van der Waals surface area contributed by atoms with E-state index in [1.54, 1.807) is 0 Å². The standard InChI is InChI=1S/C21H26N2O/c1-16-8-6-7-11-19(16)20(17-9-4-3-5-10-17)22-21(24)18-12-14-23(2)15-13-18/h3-11,18,20H,12-15H2,1-2H3,(H,22,24). The summed E-state index contributed by atoms with van der Waals surface area (Å²) in [6.45, 7) is 4.10. The average molecular weight is 322 g/mol. The molecule has 3 rings (SSSR count). The summed E-state index contributed by atoms with van der Waals surface area (Å²) in [7, 11) is 2.12. The third kappa shape index (κ3) is 3.85. The maximum atomic E-state index is 12.8. The number of nitrogens with one attached hydrogen (secondary N) is 1.